The van der Waals surface area contributed by atoms with Gasteiger partial charge in [-0.05, 0) is 31.5 Å². The van der Waals surface area contributed by atoms with Crippen LogP contribution in [0.15, 0.2) is 58.5 Å². The zero-order chi connectivity index (χ0) is 14.8. The van der Waals surface area contributed by atoms with E-state index in [2.05, 4.69) is 29.0 Å². The van der Waals surface area contributed by atoms with Gasteiger partial charge in [-0.3, -0.25) is 0 Å². The molecule has 4 nitrogen and oxygen atoms in total. The minimum Gasteiger partial charge on any atom is -0.211 e. The fourth-order valence-electron chi connectivity index (χ4n) is 1.42. The monoisotopic (exact) mass is 266 g/mol. The molecule has 0 unspecified atom stereocenters. The highest BCUT2D eigenvalue weighted by atomic mass is 16.1. The molecular formula is C16H14N2O2. The van der Waals surface area contributed by atoms with Gasteiger partial charge in [0, 0.05) is 0 Å². The third-order valence-corrected chi connectivity index (χ3v) is 2.47. The predicted molar refractivity (Wildman–Crippen MR) is 77.9 cm³/mol. The summed E-state index contributed by atoms with van der Waals surface area (Å²) < 4.78 is 0. The molecule has 0 aliphatic carbocycles. The van der Waals surface area contributed by atoms with E-state index >= 15 is 0 Å². The third kappa shape index (κ3) is 5.23. The highest BCUT2D eigenvalue weighted by Gasteiger charge is 1.97. The molecule has 2 rings (SSSR count). The molecule has 0 spiro atoms. The lowest BCUT2D eigenvalue weighted by Crippen LogP contribution is -1.73. The van der Waals surface area contributed by atoms with Gasteiger partial charge in [-0.1, -0.05) is 42.0 Å². The summed E-state index contributed by atoms with van der Waals surface area (Å²) in [6.45, 7) is 3.88. The zero-order valence-electron chi connectivity index (χ0n) is 11.3. The molecule has 0 saturated carbocycles. The van der Waals surface area contributed by atoms with Crippen LogP contribution in [0, 0.1) is 13.8 Å². The van der Waals surface area contributed by atoms with Gasteiger partial charge in [-0.2, -0.15) is 9.98 Å². The Morgan fingerprint density at radius 2 is 1.50 bits per heavy atom. The fourth-order valence-corrected chi connectivity index (χ4v) is 1.42. The van der Waals surface area contributed by atoms with E-state index in [9.17, 15) is 9.59 Å². The molecule has 0 atom stereocenters. The van der Waals surface area contributed by atoms with Crippen molar-refractivity contribution < 1.29 is 9.59 Å². The van der Waals surface area contributed by atoms with Crippen molar-refractivity contribution in [3.05, 3.63) is 59.7 Å². The predicted octanol–water partition coefficient (Wildman–Crippen LogP) is 3.92. The lowest BCUT2D eigenvalue weighted by atomic mass is 10.2. The van der Waals surface area contributed by atoms with Crippen molar-refractivity contribution in [3.63, 3.8) is 0 Å². The first kappa shape index (κ1) is 15.3. The molecule has 0 fully saturated rings. The molecule has 0 amide bonds. The third-order valence-electron chi connectivity index (χ3n) is 2.47. The van der Waals surface area contributed by atoms with Crippen LogP contribution in [0.4, 0.5) is 11.4 Å². The SMILES string of the molecule is Cc1ccc(N=C=O)cc1N=C=O.Cc1ccccc1. The molecule has 0 N–H and O–H groups in total. The van der Waals surface area contributed by atoms with Gasteiger partial charge in [0.05, 0.1) is 11.4 Å². The molecule has 100 valence electrons. The summed E-state index contributed by atoms with van der Waals surface area (Å²) in [7, 11) is 0. The maximum absolute atomic E-state index is 10.00. The first-order valence-corrected chi connectivity index (χ1v) is 5.95. The molecular weight excluding hydrogens is 252 g/mol. The first-order chi connectivity index (χ1) is 9.67. The second-order valence-corrected chi connectivity index (χ2v) is 4.03. The molecule has 0 aromatic heterocycles. The normalized spacial score (nSPS) is 8.50. The molecule has 0 aliphatic rings. The van der Waals surface area contributed by atoms with E-state index in [-0.39, 0.29) is 0 Å². The van der Waals surface area contributed by atoms with E-state index in [1.54, 1.807) is 19.1 Å². The van der Waals surface area contributed by atoms with Gasteiger partial charge >= 0.3 is 0 Å². The van der Waals surface area contributed by atoms with Crippen LogP contribution in [0.3, 0.4) is 0 Å². The van der Waals surface area contributed by atoms with Crippen LogP contribution >= 0.6 is 0 Å². The number of carbonyl (C=O) groups excluding carboxylic acids is 2. The minimum atomic E-state index is 0.426. The lowest BCUT2D eigenvalue weighted by Gasteiger charge is -1.97. The van der Waals surface area contributed by atoms with Gasteiger partial charge in [-0.15, -0.1) is 0 Å². The van der Waals surface area contributed by atoms with Crippen LogP contribution in [0.25, 0.3) is 0 Å². The van der Waals surface area contributed by atoms with Crippen LogP contribution < -0.4 is 0 Å². The number of nitrogens with zero attached hydrogens (tertiary/aromatic N) is 2. The highest BCUT2D eigenvalue weighted by Crippen LogP contribution is 2.23. The van der Waals surface area contributed by atoms with Gasteiger partial charge in [0.25, 0.3) is 0 Å². The van der Waals surface area contributed by atoms with Crippen molar-refractivity contribution in [3.8, 4) is 0 Å². The minimum absolute atomic E-state index is 0.426. The molecule has 4 heteroatoms. The Hall–Kier alpha value is -2.80. The second-order valence-electron chi connectivity index (χ2n) is 4.03. The van der Waals surface area contributed by atoms with Crippen molar-refractivity contribution in [2.24, 2.45) is 9.98 Å². The Morgan fingerprint density at radius 3 is 2.00 bits per heavy atom. The standard InChI is InChI=1S/C9H6N2O2.C7H8/c1-7-2-3-8(10-5-12)4-9(7)11-6-13;1-7-5-3-2-4-6-7/h2-4H,1H3;2-6H,1H3. The van der Waals surface area contributed by atoms with Crippen molar-refractivity contribution in [1.29, 1.82) is 0 Å². The van der Waals surface area contributed by atoms with Crippen LogP contribution in [0.5, 0.6) is 0 Å². The number of hydrogen-bond acceptors (Lipinski definition) is 4. The van der Waals surface area contributed by atoms with E-state index in [1.807, 2.05) is 18.2 Å². The van der Waals surface area contributed by atoms with E-state index in [4.69, 9.17) is 0 Å². The van der Waals surface area contributed by atoms with E-state index in [1.165, 1.54) is 23.8 Å². The Morgan fingerprint density at radius 1 is 0.850 bits per heavy atom. The summed E-state index contributed by atoms with van der Waals surface area (Å²) in [5.41, 5.74) is 3.04. The molecule has 0 aliphatic heterocycles. The Labute approximate surface area is 117 Å². The smallest absolute Gasteiger partial charge is 0.211 e. The van der Waals surface area contributed by atoms with Crippen molar-refractivity contribution in [2.75, 3.05) is 0 Å². The average Bonchev–Trinajstić information content (AvgIpc) is 2.45. The number of aliphatic imine (C=N–C) groups is 2. The maximum atomic E-state index is 10.00. The lowest BCUT2D eigenvalue weighted by molar-refractivity contribution is 0.565. The maximum Gasteiger partial charge on any atom is 0.240 e. The topological polar surface area (TPSA) is 58.9 Å². The van der Waals surface area contributed by atoms with Crippen LogP contribution in [-0.2, 0) is 9.59 Å². The summed E-state index contributed by atoms with van der Waals surface area (Å²) in [5.74, 6) is 0. The van der Waals surface area contributed by atoms with Gasteiger partial charge in [0.1, 0.15) is 0 Å². The molecule has 20 heavy (non-hydrogen) atoms. The van der Waals surface area contributed by atoms with Crippen molar-refractivity contribution in [1.82, 2.24) is 0 Å². The van der Waals surface area contributed by atoms with Crippen LogP contribution in [0.2, 0.25) is 0 Å². The van der Waals surface area contributed by atoms with Gasteiger partial charge in [0.2, 0.25) is 12.2 Å². The van der Waals surface area contributed by atoms with E-state index < -0.39 is 0 Å². The summed E-state index contributed by atoms with van der Waals surface area (Å²) >= 11 is 0. The highest BCUT2D eigenvalue weighted by molar-refractivity contribution is 5.61. The summed E-state index contributed by atoms with van der Waals surface area (Å²) in [6, 6.07) is 15.1. The largest absolute Gasteiger partial charge is 0.240 e. The molecule has 0 heterocycles. The van der Waals surface area contributed by atoms with Crippen molar-refractivity contribution >= 4 is 23.5 Å². The van der Waals surface area contributed by atoms with E-state index in [0.717, 1.165) is 5.56 Å². The molecule has 2 aromatic rings. The number of benzene rings is 2. The summed E-state index contributed by atoms with van der Waals surface area (Å²) in [5, 5.41) is 0. The molecule has 0 radical (unpaired) electrons. The van der Waals surface area contributed by atoms with Gasteiger partial charge in [-0.25, -0.2) is 9.59 Å². The average molecular weight is 266 g/mol. The quantitative estimate of drug-likeness (QED) is 0.611. The fraction of sp³-hybridized carbons (Fsp3) is 0.125. The first-order valence-electron chi connectivity index (χ1n) is 5.95. The van der Waals surface area contributed by atoms with Crippen LogP contribution in [0.1, 0.15) is 11.1 Å². The molecule has 0 saturated heterocycles. The van der Waals surface area contributed by atoms with E-state index in [0.29, 0.717) is 11.4 Å². The second kappa shape index (κ2) is 8.33. The molecule has 2 aromatic carbocycles. The van der Waals surface area contributed by atoms with Crippen LogP contribution in [-0.4, -0.2) is 12.2 Å². The Balaban J connectivity index is 0.000000240. The van der Waals surface area contributed by atoms with Gasteiger partial charge in [0.15, 0.2) is 0 Å². The number of hydrogen-bond donors (Lipinski definition) is 0. The summed E-state index contributed by atoms with van der Waals surface area (Å²) in [6.07, 6.45) is 2.84. The number of rotatable bonds is 2. The number of aryl methyl sites for hydroxylation is 2. The Bertz CT molecular complexity index is 653. The van der Waals surface area contributed by atoms with Gasteiger partial charge < -0.3 is 0 Å². The van der Waals surface area contributed by atoms with Crippen molar-refractivity contribution in [2.45, 2.75) is 13.8 Å². The zero-order valence-corrected chi connectivity index (χ0v) is 11.3. The summed E-state index contributed by atoms with van der Waals surface area (Å²) in [4.78, 5) is 26.8. The number of isocyanates is 2. The Kier molecular flexibility index (Phi) is 6.35. The molecule has 0 bridgehead atoms.